The molecule has 0 spiro atoms. The van der Waals surface area contributed by atoms with Crippen LogP contribution in [0.15, 0.2) is 46.9 Å². The van der Waals surface area contributed by atoms with Crippen LogP contribution in [0, 0.1) is 5.92 Å². The summed E-state index contributed by atoms with van der Waals surface area (Å²) >= 11 is 0. The van der Waals surface area contributed by atoms with Gasteiger partial charge < -0.3 is 9.15 Å². The standard InChI is InChI=1S/C20H25N3O6S/c1-2-30(26,27)23-12-10-15(11-13-23)19(24)21-22-20(25)18-9-8-17(29-18)14-28-16-6-4-3-5-7-16/h3-9,15H,2,10-14H2,1H3,(H,21,24)(H,22,25). The molecular weight excluding hydrogens is 410 g/mol. The third-order valence-corrected chi connectivity index (χ3v) is 6.77. The van der Waals surface area contributed by atoms with Gasteiger partial charge in [-0.05, 0) is 44.0 Å². The van der Waals surface area contributed by atoms with Crippen LogP contribution in [-0.4, -0.2) is 43.4 Å². The Morgan fingerprint density at radius 1 is 1.10 bits per heavy atom. The summed E-state index contributed by atoms with van der Waals surface area (Å²) in [5, 5.41) is 0. The van der Waals surface area contributed by atoms with Gasteiger partial charge in [-0.2, -0.15) is 0 Å². The van der Waals surface area contributed by atoms with Crippen LogP contribution in [0.1, 0.15) is 36.1 Å². The quantitative estimate of drug-likeness (QED) is 0.639. The molecule has 1 aromatic carbocycles. The number of hydrogen-bond acceptors (Lipinski definition) is 6. The molecule has 30 heavy (non-hydrogen) atoms. The number of furan rings is 1. The van der Waals surface area contributed by atoms with E-state index in [9.17, 15) is 18.0 Å². The summed E-state index contributed by atoms with van der Waals surface area (Å²) < 4.78 is 36.2. The van der Waals surface area contributed by atoms with Gasteiger partial charge in [0.05, 0.1) is 5.75 Å². The molecule has 0 aliphatic carbocycles. The van der Waals surface area contributed by atoms with Gasteiger partial charge in [-0.1, -0.05) is 18.2 Å². The lowest BCUT2D eigenvalue weighted by Gasteiger charge is -2.30. The van der Waals surface area contributed by atoms with Crippen molar-refractivity contribution < 1.29 is 27.2 Å². The molecule has 2 amide bonds. The first-order chi connectivity index (χ1) is 14.4. The first-order valence-electron chi connectivity index (χ1n) is 9.73. The Morgan fingerprint density at radius 3 is 2.47 bits per heavy atom. The summed E-state index contributed by atoms with van der Waals surface area (Å²) in [7, 11) is -3.24. The first kappa shape index (κ1) is 21.8. The average molecular weight is 436 g/mol. The van der Waals surface area contributed by atoms with Crippen molar-refractivity contribution in [3.63, 3.8) is 0 Å². The molecule has 1 saturated heterocycles. The molecule has 9 nitrogen and oxygen atoms in total. The molecule has 1 aliphatic heterocycles. The number of amides is 2. The molecule has 0 bridgehead atoms. The van der Waals surface area contributed by atoms with E-state index < -0.39 is 15.9 Å². The zero-order valence-electron chi connectivity index (χ0n) is 16.7. The lowest BCUT2D eigenvalue weighted by Crippen LogP contribution is -2.48. The van der Waals surface area contributed by atoms with E-state index in [0.717, 1.165) is 0 Å². The van der Waals surface area contributed by atoms with Crippen LogP contribution in [0.25, 0.3) is 0 Å². The van der Waals surface area contributed by atoms with Crippen molar-refractivity contribution in [2.24, 2.45) is 5.92 Å². The highest BCUT2D eigenvalue weighted by Crippen LogP contribution is 2.20. The SMILES string of the molecule is CCS(=O)(=O)N1CCC(C(=O)NNC(=O)c2ccc(COc3ccccc3)o2)CC1. The van der Waals surface area contributed by atoms with E-state index in [4.69, 9.17) is 9.15 Å². The zero-order chi connectivity index (χ0) is 21.6. The van der Waals surface area contributed by atoms with Gasteiger partial charge in [-0.25, -0.2) is 12.7 Å². The van der Waals surface area contributed by atoms with E-state index in [0.29, 0.717) is 37.4 Å². The summed E-state index contributed by atoms with van der Waals surface area (Å²) in [5.41, 5.74) is 4.72. The number of piperidine rings is 1. The Bertz CT molecular complexity index is 965. The second-order valence-electron chi connectivity index (χ2n) is 6.88. The number of nitrogens with zero attached hydrogens (tertiary/aromatic N) is 1. The van der Waals surface area contributed by atoms with Gasteiger partial charge in [0.15, 0.2) is 5.76 Å². The van der Waals surface area contributed by atoms with Crippen molar-refractivity contribution in [3.8, 4) is 5.75 Å². The van der Waals surface area contributed by atoms with Gasteiger partial charge >= 0.3 is 5.91 Å². The van der Waals surface area contributed by atoms with E-state index in [1.165, 1.54) is 10.4 Å². The topological polar surface area (TPSA) is 118 Å². The van der Waals surface area contributed by atoms with Gasteiger partial charge in [0.1, 0.15) is 18.1 Å². The molecule has 0 radical (unpaired) electrons. The normalized spacial score (nSPS) is 15.5. The van der Waals surface area contributed by atoms with E-state index in [1.807, 2.05) is 30.3 Å². The van der Waals surface area contributed by atoms with Crippen molar-refractivity contribution in [1.82, 2.24) is 15.2 Å². The van der Waals surface area contributed by atoms with E-state index in [2.05, 4.69) is 10.9 Å². The molecular formula is C20H25N3O6S. The largest absolute Gasteiger partial charge is 0.486 e. The van der Waals surface area contributed by atoms with Crippen LogP contribution in [0.3, 0.4) is 0 Å². The second-order valence-corrected chi connectivity index (χ2v) is 9.14. The van der Waals surface area contributed by atoms with Crippen LogP contribution >= 0.6 is 0 Å². The van der Waals surface area contributed by atoms with Crippen LogP contribution < -0.4 is 15.6 Å². The van der Waals surface area contributed by atoms with Crippen molar-refractivity contribution >= 4 is 21.8 Å². The van der Waals surface area contributed by atoms with Crippen molar-refractivity contribution in [2.45, 2.75) is 26.4 Å². The molecule has 2 aromatic rings. The Balaban J connectivity index is 1.43. The van der Waals surface area contributed by atoms with E-state index in [1.54, 1.807) is 13.0 Å². The third kappa shape index (κ3) is 5.61. The summed E-state index contributed by atoms with van der Waals surface area (Å²) in [4.78, 5) is 24.5. The highest BCUT2D eigenvalue weighted by Gasteiger charge is 2.30. The average Bonchev–Trinajstić information content (AvgIpc) is 3.26. The molecule has 2 heterocycles. The maximum atomic E-state index is 12.3. The van der Waals surface area contributed by atoms with Gasteiger partial charge in [0, 0.05) is 19.0 Å². The molecule has 1 fully saturated rings. The molecule has 0 atom stereocenters. The van der Waals surface area contributed by atoms with Crippen LogP contribution in [-0.2, 0) is 21.4 Å². The van der Waals surface area contributed by atoms with Crippen molar-refractivity contribution in [3.05, 3.63) is 54.0 Å². The number of hydrazine groups is 1. The minimum atomic E-state index is -3.24. The Kier molecular flexibility index (Phi) is 7.11. The maximum Gasteiger partial charge on any atom is 0.305 e. The van der Waals surface area contributed by atoms with E-state index in [-0.39, 0.29) is 29.9 Å². The van der Waals surface area contributed by atoms with Gasteiger partial charge in [-0.3, -0.25) is 20.4 Å². The number of benzene rings is 1. The summed E-state index contributed by atoms with van der Waals surface area (Å²) in [5.74, 6) is -0.0476. The third-order valence-electron chi connectivity index (χ3n) is 4.89. The molecule has 1 aliphatic rings. The minimum Gasteiger partial charge on any atom is -0.486 e. The van der Waals surface area contributed by atoms with Gasteiger partial charge in [-0.15, -0.1) is 0 Å². The number of ether oxygens (including phenoxy) is 1. The monoisotopic (exact) mass is 435 g/mol. The molecule has 10 heteroatoms. The number of hydrogen-bond donors (Lipinski definition) is 2. The maximum absolute atomic E-state index is 12.3. The second kappa shape index (κ2) is 9.77. The van der Waals surface area contributed by atoms with Crippen LogP contribution in [0.2, 0.25) is 0 Å². The van der Waals surface area contributed by atoms with Crippen LogP contribution in [0.4, 0.5) is 0 Å². The molecule has 1 aromatic heterocycles. The van der Waals surface area contributed by atoms with E-state index >= 15 is 0 Å². The van der Waals surface area contributed by atoms with Gasteiger partial charge in [0.25, 0.3) is 0 Å². The Morgan fingerprint density at radius 2 is 1.80 bits per heavy atom. The lowest BCUT2D eigenvalue weighted by atomic mass is 9.98. The lowest BCUT2D eigenvalue weighted by molar-refractivity contribution is -0.126. The minimum absolute atomic E-state index is 0.0431. The molecule has 2 N–H and O–H groups in total. The fraction of sp³-hybridized carbons (Fsp3) is 0.400. The predicted molar refractivity (Wildman–Crippen MR) is 109 cm³/mol. The highest BCUT2D eigenvalue weighted by atomic mass is 32.2. The summed E-state index contributed by atoms with van der Waals surface area (Å²) in [6.45, 7) is 2.36. The zero-order valence-corrected chi connectivity index (χ0v) is 17.5. The smallest absolute Gasteiger partial charge is 0.305 e. The summed E-state index contributed by atoms with van der Waals surface area (Å²) in [6, 6.07) is 12.3. The summed E-state index contributed by atoms with van der Waals surface area (Å²) in [6.07, 6.45) is 0.811. The number of para-hydroxylation sites is 1. The number of sulfonamides is 1. The fourth-order valence-electron chi connectivity index (χ4n) is 3.11. The predicted octanol–water partition coefficient (Wildman–Crippen LogP) is 1.68. The first-order valence-corrected chi connectivity index (χ1v) is 11.3. The molecule has 162 valence electrons. The molecule has 0 unspecified atom stereocenters. The van der Waals surface area contributed by atoms with Gasteiger partial charge in [0.2, 0.25) is 15.9 Å². The molecule has 0 saturated carbocycles. The number of carbonyl (C=O) groups excluding carboxylic acids is 2. The highest BCUT2D eigenvalue weighted by molar-refractivity contribution is 7.89. The Labute approximate surface area is 175 Å². The van der Waals surface area contributed by atoms with Crippen LogP contribution in [0.5, 0.6) is 5.75 Å². The van der Waals surface area contributed by atoms with Crippen molar-refractivity contribution in [2.75, 3.05) is 18.8 Å². The number of carbonyl (C=O) groups is 2. The Hall–Kier alpha value is -2.85. The fourth-order valence-corrected chi connectivity index (χ4v) is 4.24. The number of rotatable bonds is 7. The molecule has 3 rings (SSSR count). The van der Waals surface area contributed by atoms with Crippen molar-refractivity contribution in [1.29, 1.82) is 0 Å². The number of nitrogens with one attached hydrogen (secondary N) is 2.